The third kappa shape index (κ3) is 4.15. The van der Waals surface area contributed by atoms with Gasteiger partial charge in [0.25, 0.3) is 0 Å². The predicted molar refractivity (Wildman–Crippen MR) is 92.4 cm³/mol. The van der Waals surface area contributed by atoms with Gasteiger partial charge in [-0.3, -0.25) is 4.79 Å². The first-order valence-electron chi connectivity index (χ1n) is 8.27. The summed E-state index contributed by atoms with van der Waals surface area (Å²) in [5.74, 6) is 0.310. The van der Waals surface area contributed by atoms with Crippen LogP contribution in [0.4, 0.5) is 0 Å². The number of sulfonamides is 1. The van der Waals surface area contributed by atoms with Crippen LogP contribution in [0.2, 0.25) is 0 Å². The van der Waals surface area contributed by atoms with Gasteiger partial charge in [0.05, 0.1) is 4.90 Å². The first kappa shape index (κ1) is 18.9. The Balaban J connectivity index is 2.05. The van der Waals surface area contributed by atoms with E-state index in [1.807, 2.05) is 12.1 Å². The molecule has 1 aromatic rings. The van der Waals surface area contributed by atoms with Crippen molar-refractivity contribution in [1.29, 1.82) is 0 Å². The van der Waals surface area contributed by atoms with E-state index in [0.29, 0.717) is 37.0 Å². The van der Waals surface area contributed by atoms with Crippen molar-refractivity contribution in [3.8, 4) is 0 Å². The molecule has 1 amide bonds. The summed E-state index contributed by atoms with van der Waals surface area (Å²) in [5, 5.41) is 0. The fourth-order valence-corrected chi connectivity index (χ4v) is 4.17. The van der Waals surface area contributed by atoms with E-state index >= 15 is 0 Å². The fourth-order valence-electron chi connectivity index (χ4n) is 2.75. The second-order valence-corrected chi connectivity index (χ2v) is 8.03. The van der Waals surface area contributed by atoms with Crippen molar-refractivity contribution in [2.24, 2.45) is 0 Å². The fraction of sp³-hybridized carbons (Fsp3) is 0.588. The van der Waals surface area contributed by atoms with Gasteiger partial charge in [0.2, 0.25) is 15.9 Å². The first-order valence-corrected chi connectivity index (χ1v) is 9.71. The smallest absolute Gasteiger partial charge is 0.248 e. The maximum absolute atomic E-state index is 12.7. The highest BCUT2D eigenvalue weighted by atomic mass is 32.2. The minimum atomic E-state index is -3.51. The van der Waals surface area contributed by atoms with Gasteiger partial charge in [0, 0.05) is 33.3 Å². The summed E-state index contributed by atoms with van der Waals surface area (Å²) in [5.41, 5.74) is 1.14. The second-order valence-electron chi connectivity index (χ2n) is 6.10. The van der Waals surface area contributed by atoms with Crippen molar-refractivity contribution in [2.45, 2.75) is 31.1 Å². The SMILES string of the molecule is CC[C@@H](C)c1ccc(S(=O)(=O)N2CCN(C(=O)COC)CC2)cc1. The number of hydrogen-bond acceptors (Lipinski definition) is 4. The minimum Gasteiger partial charge on any atom is -0.375 e. The predicted octanol–water partition coefficient (Wildman–Crippen LogP) is 1.68. The minimum absolute atomic E-state index is 0.0316. The molecule has 7 heteroatoms. The highest BCUT2D eigenvalue weighted by molar-refractivity contribution is 7.89. The highest BCUT2D eigenvalue weighted by Crippen LogP contribution is 2.23. The molecule has 0 spiro atoms. The summed E-state index contributed by atoms with van der Waals surface area (Å²) < 4.78 is 31.8. The van der Waals surface area contributed by atoms with Crippen molar-refractivity contribution in [1.82, 2.24) is 9.21 Å². The number of methoxy groups -OCH3 is 1. The average molecular weight is 354 g/mol. The maximum atomic E-state index is 12.7. The van der Waals surface area contributed by atoms with E-state index in [4.69, 9.17) is 4.74 Å². The number of piperazine rings is 1. The lowest BCUT2D eigenvalue weighted by molar-refractivity contribution is -0.136. The molecule has 1 aliphatic rings. The average Bonchev–Trinajstić information content (AvgIpc) is 2.61. The molecule has 1 aliphatic heterocycles. The molecular weight excluding hydrogens is 328 g/mol. The van der Waals surface area contributed by atoms with Gasteiger partial charge < -0.3 is 9.64 Å². The van der Waals surface area contributed by atoms with E-state index in [1.165, 1.54) is 11.4 Å². The van der Waals surface area contributed by atoms with Crippen LogP contribution in [0.25, 0.3) is 0 Å². The summed E-state index contributed by atoms with van der Waals surface area (Å²) in [4.78, 5) is 13.7. The highest BCUT2D eigenvalue weighted by Gasteiger charge is 2.30. The van der Waals surface area contributed by atoms with Crippen LogP contribution < -0.4 is 0 Å². The van der Waals surface area contributed by atoms with Crippen LogP contribution in [0.1, 0.15) is 31.7 Å². The van der Waals surface area contributed by atoms with Crippen molar-refractivity contribution in [3.63, 3.8) is 0 Å². The summed E-state index contributed by atoms with van der Waals surface area (Å²) in [6, 6.07) is 7.14. The molecular formula is C17H26N2O4S. The van der Waals surface area contributed by atoms with Crippen LogP contribution in [0, 0.1) is 0 Å². The Labute approximate surface area is 144 Å². The zero-order chi connectivity index (χ0) is 17.7. The van der Waals surface area contributed by atoms with Crippen LogP contribution in [0.3, 0.4) is 0 Å². The molecule has 0 bridgehead atoms. The molecule has 0 N–H and O–H groups in total. The molecule has 0 unspecified atom stereocenters. The van der Waals surface area contributed by atoms with Crippen molar-refractivity contribution in [2.75, 3.05) is 39.9 Å². The molecule has 0 saturated carbocycles. The number of rotatable bonds is 6. The normalized spacial score (nSPS) is 17.7. The van der Waals surface area contributed by atoms with Gasteiger partial charge in [0.1, 0.15) is 6.61 Å². The number of benzene rings is 1. The van der Waals surface area contributed by atoms with Crippen molar-refractivity contribution in [3.05, 3.63) is 29.8 Å². The Morgan fingerprint density at radius 3 is 2.25 bits per heavy atom. The van der Waals surface area contributed by atoms with Crippen LogP contribution in [-0.2, 0) is 19.6 Å². The van der Waals surface area contributed by atoms with Crippen molar-refractivity contribution < 1.29 is 17.9 Å². The molecule has 134 valence electrons. The van der Waals surface area contributed by atoms with E-state index in [0.717, 1.165) is 12.0 Å². The number of carbonyl (C=O) groups is 1. The Hall–Kier alpha value is -1.44. The standard InChI is InChI=1S/C17H26N2O4S/c1-4-14(2)15-5-7-16(8-6-15)24(21,22)19-11-9-18(10-12-19)17(20)13-23-3/h5-8,14H,4,9-13H2,1-3H3/t14-/m1/s1. The molecule has 24 heavy (non-hydrogen) atoms. The molecule has 1 heterocycles. The molecule has 1 fully saturated rings. The molecule has 0 radical (unpaired) electrons. The number of amides is 1. The Morgan fingerprint density at radius 1 is 1.17 bits per heavy atom. The molecule has 1 atom stereocenters. The Morgan fingerprint density at radius 2 is 1.75 bits per heavy atom. The van der Waals surface area contributed by atoms with Crippen LogP contribution in [0.5, 0.6) is 0 Å². The third-order valence-electron chi connectivity index (χ3n) is 4.56. The molecule has 6 nitrogen and oxygen atoms in total. The zero-order valence-corrected chi connectivity index (χ0v) is 15.4. The van der Waals surface area contributed by atoms with E-state index in [2.05, 4.69) is 13.8 Å². The summed E-state index contributed by atoms with van der Waals surface area (Å²) in [6.07, 6.45) is 1.02. The largest absolute Gasteiger partial charge is 0.375 e. The summed E-state index contributed by atoms with van der Waals surface area (Å²) in [6.45, 7) is 5.68. The van der Waals surface area contributed by atoms with E-state index in [9.17, 15) is 13.2 Å². The summed E-state index contributed by atoms with van der Waals surface area (Å²) >= 11 is 0. The zero-order valence-electron chi connectivity index (χ0n) is 14.6. The number of carbonyl (C=O) groups excluding carboxylic acids is 1. The van der Waals surface area contributed by atoms with Gasteiger partial charge in [-0.05, 0) is 30.0 Å². The van der Waals surface area contributed by atoms with Gasteiger partial charge in [-0.2, -0.15) is 4.31 Å². The van der Waals surface area contributed by atoms with Gasteiger partial charge in [-0.25, -0.2) is 8.42 Å². The molecule has 2 rings (SSSR count). The maximum Gasteiger partial charge on any atom is 0.248 e. The lowest BCUT2D eigenvalue weighted by Gasteiger charge is -2.33. The van der Waals surface area contributed by atoms with E-state index < -0.39 is 10.0 Å². The van der Waals surface area contributed by atoms with Crippen LogP contribution in [0.15, 0.2) is 29.2 Å². The first-order chi connectivity index (χ1) is 11.4. The lowest BCUT2D eigenvalue weighted by Crippen LogP contribution is -2.51. The van der Waals surface area contributed by atoms with Gasteiger partial charge in [-0.15, -0.1) is 0 Å². The second kappa shape index (κ2) is 8.09. The monoisotopic (exact) mass is 354 g/mol. The van der Waals surface area contributed by atoms with Crippen molar-refractivity contribution >= 4 is 15.9 Å². The molecule has 1 aromatic carbocycles. The topological polar surface area (TPSA) is 66.9 Å². The van der Waals surface area contributed by atoms with Crippen LogP contribution in [-0.4, -0.2) is 63.4 Å². The quantitative estimate of drug-likeness (QED) is 0.779. The number of hydrogen-bond donors (Lipinski definition) is 0. The molecule has 1 saturated heterocycles. The molecule has 0 aromatic heterocycles. The summed E-state index contributed by atoms with van der Waals surface area (Å²) in [7, 11) is -2.03. The molecule has 0 aliphatic carbocycles. The van der Waals surface area contributed by atoms with E-state index in [-0.39, 0.29) is 12.5 Å². The van der Waals surface area contributed by atoms with Crippen LogP contribution >= 0.6 is 0 Å². The van der Waals surface area contributed by atoms with Gasteiger partial charge in [-0.1, -0.05) is 26.0 Å². The third-order valence-corrected chi connectivity index (χ3v) is 6.47. The Bertz CT molecular complexity index is 650. The van der Waals surface area contributed by atoms with E-state index in [1.54, 1.807) is 17.0 Å². The van der Waals surface area contributed by atoms with Gasteiger partial charge >= 0.3 is 0 Å². The van der Waals surface area contributed by atoms with Gasteiger partial charge in [0.15, 0.2) is 0 Å². The Kier molecular flexibility index (Phi) is 6.37. The lowest BCUT2D eigenvalue weighted by atomic mass is 9.99. The number of ether oxygens (including phenoxy) is 1. The number of nitrogens with zero attached hydrogens (tertiary/aromatic N) is 2.